The van der Waals surface area contributed by atoms with Gasteiger partial charge in [-0.25, -0.2) is 0 Å². The lowest BCUT2D eigenvalue weighted by Crippen LogP contribution is -2.48. The quantitative estimate of drug-likeness (QED) is 0.381. The van der Waals surface area contributed by atoms with Gasteiger partial charge in [-0.15, -0.1) is 0 Å². The van der Waals surface area contributed by atoms with Crippen LogP contribution in [-0.2, 0) is 0 Å². The fourth-order valence-electron chi connectivity index (χ4n) is 3.76. The van der Waals surface area contributed by atoms with Crippen molar-refractivity contribution < 1.29 is 0 Å². The van der Waals surface area contributed by atoms with Crippen molar-refractivity contribution in [3.05, 3.63) is 0 Å². The summed E-state index contributed by atoms with van der Waals surface area (Å²) in [6, 6.07) is 1.25. The molecular formula is C19H38N4. The van der Waals surface area contributed by atoms with Crippen molar-refractivity contribution in [2.24, 2.45) is 16.6 Å². The van der Waals surface area contributed by atoms with Gasteiger partial charge in [0.15, 0.2) is 5.96 Å². The van der Waals surface area contributed by atoms with E-state index in [1.165, 1.54) is 70.6 Å². The second-order valence-corrected chi connectivity index (χ2v) is 7.67. The predicted molar refractivity (Wildman–Crippen MR) is 99.8 cm³/mol. The Morgan fingerprint density at radius 1 is 0.957 bits per heavy atom. The van der Waals surface area contributed by atoms with Gasteiger partial charge in [-0.1, -0.05) is 45.4 Å². The van der Waals surface area contributed by atoms with Crippen molar-refractivity contribution in [1.82, 2.24) is 10.6 Å². The molecule has 2 aliphatic rings. The molecule has 0 bridgehead atoms. The van der Waals surface area contributed by atoms with Crippen molar-refractivity contribution in [2.75, 3.05) is 13.1 Å². The third kappa shape index (κ3) is 7.56. The maximum absolute atomic E-state index is 5.70. The SMILES string of the molecule is CC(CN)CCCN=C(NC1CCCCC1)NC1CCCCC1. The highest BCUT2D eigenvalue weighted by Gasteiger charge is 2.18. The van der Waals surface area contributed by atoms with Crippen LogP contribution in [0.1, 0.15) is 84.0 Å². The van der Waals surface area contributed by atoms with E-state index in [2.05, 4.69) is 17.6 Å². The normalized spacial score (nSPS) is 21.7. The Morgan fingerprint density at radius 3 is 1.96 bits per heavy atom. The van der Waals surface area contributed by atoms with Crippen LogP contribution in [0.25, 0.3) is 0 Å². The molecule has 2 saturated carbocycles. The van der Waals surface area contributed by atoms with E-state index in [4.69, 9.17) is 10.7 Å². The van der Waals surface area contributed by atoms with Gasteiger partial charge in [0.25, 0.3) is 0 Å². The molecule has 2 aliphatic carbocycles. The van der Waals surface area contributed by atoms with Crippen LogP contribution in [-0.4, -0.2) is 31.1 Å². The molecule has 0 heterocycles. The summed E-state index contributed by atoms with van der Waals surface area (Å²) in [5, 5.41) is 7.44. The molecule has 0 spiro atoms. The highest BCUT2D eigenvalue weighted by atomic mass is 15.2. The zero-order valence-corrected chi connectivity index (χ0v) is 15.2. The van der Waals surface area contributed by atoms with Gasteiger partial charge in [-0.3, -0.25) is 4.99 Å². The van der Waals surface area contributed by atoms with Gasteiger partial charge in [0.2, 0.25) is 0 Å². The van der Waals surface area contributed by atoms with Crippen LogP contribution >= 0.6 is 0 Å². The molecule has 134 valence electrons. The van der Waals surface area contributed by atoms with Gasteiger partial charge >= 0.3 is 0 Å². The molecule has 2 rings (SSSR count). The molecular weight excluding hydrogens is 284 g/mol. The molecule has 0 saturated heterocycles. The van der Waals surface area contributed by atoms with Crippen LogP contribution in [0.5, 0.6) is 0 Å². The van der Waals surface area contributed by atoms with Crippen molar-refractivity contribution >= 4 is 5.96 Å². The topological polar surface area (TPSA) is 62.4 Å². The summed E-state index contributed by atoms with van der Waals surface area (Å²) in [6.07, 6.45) is 15.8. The highest BCUT2D eigenvalue weighted by molar-refractivity contribution is 5.80. The first-order valence-corrected chi connectivity index (χ1v) is 10.1. The number of hydrogen-bond acceptors (Lipinski definition) is 2. The predicted octanol–water partition coefficient (Wildman–Crippen LogP) is 3.56. The van der Waals surface area contributed by atoms with Crippen LogP contribution < -0.4 is 16.4 Å². The molecule has 1 unspecified atom stereocenters. The first-order chi connectivity index (χ1) is 11.3. The van der Waals surface area contributed by atoms with Gasteiger partial charge in [0.05, 0.1) is 0 Å². The summed E-state index contributed by atoms with van der Waals surface area (Å²) in [5.41, 5.74) is 5.70. The second kappa shape index (κ2) is 10.9. The van der Waals surface area contributed by atoms with Crippen LogP contribution in [0.3, 0.4) is 0 Å². The summed E-state index contributed by atoms with van der Waals surface area (Å²) < 4.78 is 0. The highest BCUT2D eigenvalue weighted by Crippen LogP contribution is 2.19. The fourth-order valence-corrected chi connectivity index (χ4v) is 3.76. The first-order valence-electron chi connectivity index (χ1n) is 10.1. The van der Waals surface area contributed by atoms with Gasteiger partial charge in [0, 0.05) is 18.6 Å². The van der Waals surface area contributed by atoms with E-state index in [1.54, 1.807) is 0 Å². The molecule has 0 aliphatic heterocycles. The lowest BCUT2D eigenvalue weighted by Gasteiger charge is -2.29. The van der Waals surface area contributed by atoms with Crippen molar-refractivity contribution in [1.29, 1.82) is 0 Å². The van der Waals surface area contributed by atoms with Crippen molar-refractivity contribution in [3.63, 3.8) is 0 Å². The molecule has 2 fully saturated rings. The van der Waals surface area contributed by atoms with Crippen LogP contribution in [0.15, 0.2) is 4.99 Å². The third-order valence-corrected chi connectivity index (χ3v) is 5.42. The molecule has 4 N–H and O–H groups in total. The summed E-state index contributed by atoms with van der Waals surface area (Å²) in [7, 11) is 0. The molecule has 23 heavy (non-hydrogen) atoms. The van der Waals surface area contributed by atoms with Crippen LogP contribution in [0.4, 0.5) is 0 Å². The Morgan fingerprint density at radius 2 is 1.48 bits per heavy atom. The maximum Gasteiger partial charge on any atom is 0.191 e. The van der Waals surface area contributed by atoms with E-state index in [0.717, 1.165) is 25.5 Å². The fraction of sp³-hybridized carbons (Fsp3) is 0.947. The first kappa shape index (κ1) is 18.6. The van der Waals surface area contributed by atoms with Crippen LogP contribution in [0.2, 0.25) is 0 Å². The number of nitrogens with zero attached hydrogens (tertiary/aromatic N) is 1. The van der Waals surface area contributed by atoms with E-state index in [9.17, 15) is 0 Å². The number of nitrogens with two attached hydrogens (primary N) is 1. The minimum atomic E-state index is 0.617. The number of rotatable bonds is 7. The lowest BCUT2D eigenvalue weighted by molar-refractivity contribution is 0.388. The molecule has 0 aromatic rings. The zero-order chi connectivity index (χ0) is 16.3. The number of nitrogens with one attached hydrogen (secondary N) is 2. The van der Waals surface area contributed by atoms with E-state index < -0.39 is 0 Å². The number of hydrogen-bond donors (Lipinski definition) is 3. The van der Waals surface area contributed by atoms with Gasteiger partial charge in [-0.2, -0.15) is 0 Å². The molecule has 4 heteroatoms. The van der Waals surface area contributed by atoms with Gasteiger partial charge < -0.3 is 16.4 Å². The zero-order valence-electron chi connectivity index (χ0n) is 15.2. The molecule has 4 nitrogen and oxygen atoms in total. The summed E-state index contributed by atoms with van der Waals surface area (Å²) in [5.74, 6) is 1.69. The monoisotopic (exact) mass is 322 g/mol. The van der Waals surface area contributed by atoms with Gasteiger partial charge in [-0.05, 0) is 51.0 Å². The van der Waals surface area contributed by atoms with E-state index >= 15 is 0 Å². The standard InChI is InChI=1S/C19H38N4/c1-16(15-20)9-8-14-21-19(22-17-10-4-2-5-11-17)23-18-12-6-3-7-13-18/h16-18H,2-15,20H2,1H3,(H2,21,22,23). The summed E-state index contributed by atoms with van der Waals surface area (Å²) in [6.45, 7) is 3.93. The molecule has 0 aromatic carbocycles. The summed E-state index contributed by atoms with van der Waals surface area (Å²) >= 11 is 0. The van der Waals surface area contributed by atoms with Crippen molar-refractivity contribution in [2.45, 2.75) is 96.1 Å². The largest absolute Gasteiger partial charge is 0.354 e. The minimum Gasteiger partial charge on any atom is -0.354 e. The molecule has 0 amide bonds. The van der Waals surface area contributed by atoms with E-state index in [-0.39, 0.29) is 0 Å². The Hall–Kier alpha value is -0.770. The van der Waals surface area contributed by atoms with E-state index in [1.807, 2.05) is 0 Å². The average molecular weight is 323 g/mol. The van der Waals surface area contributed by atoms with E-state index in [0.29, 0.717) is 18.0 Å². The molecule has 1 atom stereocenters. The minimum absolute atomic E-state index is 0.617. The summed E-state index contributed by atoms with van der Waals surface area (Å²) in [4.78, 5) is 4.87. The molecule has 0 aromatic heterocycles. The Bertz CT molecular complexity index is 308. The lowest BCUT2D eigenvalue weighted by atomic mass is 9.95. The van der Waals surface area contributed by atoms with Crippen LogP contribution in [0, 0.1) is 5.92 Å². The molecule has 0 radical (unpaired) electrons. The smallest absolute Gasteiger partial charge is 0.191 e. The van der Waals surface area contributed by atoms with Crippen molar-refractivity contribution in [3.8, 4) is 0 Å². The Balaban J connectivity index is 1.81. The second-order valence-electron chi connectivity index (χ2n) is 7.67. The van der Waals surface area contributed by atoms with Gasteiger partial charge in [0.1, 0.15) is 0 Å². The maximum atomic E-state index is 5.70. The average Bonchev–Trinajstić information content (AvgIpc) is 2.60. The number of aliphatic imine (C=N–C) groups is 1. The Kier molecular flexibility index (Phi) is 8.80. The Labute approximate surface area is 143 Å². The third-order valence-electron chi connectivity index (χ3n) is 5.42. The number of guanidine groups is 1.